The van der Waals surface area contributed by atoms with Crippen molar-refractivity contribution in [2.45, 2.75) is 0 Å². The molecule has 0 unspecified atom stereocenters. The van der Waals surface area contributed by atoms with E-state index in [9.17, 15) is 14.3 Å². The molecule has 4 heteroatoms. The monoisotopic (exact) mass is 255 g/mol. The lowest BCUT2D eigenvalue weighted by Gasteiger charge is -2.05. The van der Waals surface area contributed by atoms with E-state index in [1.807, 2.05) is 0 Å². The number of benzene rings is 2. The Morgan fingerprint density at radius 1 is 1.05 bits per heavy atom. The Morgan fingerprint density at radius 2 is 1.79 bits per heavy atom. The van der Waals surface area contributed by atoms with Crippen LogP contribution in [0.25, 0.3) is 22.2 Å². The number of halogens is 1. The maximum atomic E-state index is 13.6. The number of rotatable bonds is 1. The van der Waals surface area contributed by atoms with Crippen molar-refractivity contribution in [3.8, 4) is 17.0 Å². The van der Waals surface area contributed by atoms with Gasteiger partial charge in [-0.1, -0.05) is 6.07 Å². The normalized spacial score (nSPS) is 10.8. The zero-order valence-electron chi connectivity index (χ0n) is 9.85. The number of phenolic OH excluding ortho intramolecular Hbond substituents is 1. The minimum atomic E-state index is -0.531. The number of aromatic hydroxyl groups is 1. The van der Waals surface area contributed by atoms with Crippen molar-refractivity contribution in [1.82, 2.24) is 4.98 Å². The molecule has 1 aromatic heterocycles. The Kier molecular flexibility index (Phi) is 2.56. The summed E-state index contributed by atoms with van der Waals surface area (Å²) in [6.07, 6.45) is 0. The van der Waals surface area contributed by atoms with Gasteiger partial charge in [-0.15, -0.1) is 0 Å². The van der Waals surface area contributed by atoms with Gasteiger partial charge >= 0.3 is 0 Å². The van der Waals surface area contributed by atoms with Gasteiger partial charge in [0.25, 0.3) is 0 Å². The van der Waals surface area contributed by atoms with Crippen LogP contribution in [0.4, 0.5) is 4.39 Å². The molecule has 0 amide bonds. The zero-order chi connectivity index (χ0) is 13.4. The summed E-state index contributed by atoms with van der Waals surface area (Å²) in [5.74, 6) is -0.381. The molecule has 0 aliphatic rings. The first kappa shape index (κ1) is 11.5. The molecule has 94 valence electrons. The number of phenols is 1. The predicted octanol–water partition coefficient (Wildman–Crippen LogP) is 3.04. The summed E-state index contributed by atoms with van der Waals surface area (Å²) in [7, 11) is 0. The molecule has 2 aromatic carbocycles. The summed E-state index contributed by atoms with van der Waals surface area (Å²) in [5.41, 5.74) is 1.43. The van der Waals surface area contributed by atoms with Crippen LogP contribution in [-0.2, 0) is 0 Å². The molecule has 0 atom stereocenters. The van der Waals surface area contributed by atoms with Crippen molar-refractivity contribution in [2.24, 2.45) is 0 Å². The van der Waals surface area contributed by atoms with Gasteiger partial charge in [0, 0.05) is 11.8 Å². The maximum Gasteiger partial charge on any atom is 0.192 e. The molecule has 3 aromatic rings. The summed E-state index contributed by atoms with van der Waals surface area (Å²) in [5, 5.41) is 9.31. The molecule has 2 N–H and O–H groups in total. The van der Waals surface area contributed by atoms with Crippen LogP contribution in [-0.4, -0.2) is 10.1 Å². The number of aromatic nitrogens is 1. The van der Waals surface area contributed by atoms with E-state index < -0.39 is 5.82 Å². The molecule has 0 saturated heterocycles. The second kappa shape index (κ2) is 4.24. The standard InChI is InChI=1S/C15H10FNO2/c16-11-2-1-3-12-15(11)14(19)8-13(17-12)9-4-6-10(18)7-5-9/h1-8,18H,(H,17,19). The molecule has 0 spiro atoms. The fourth-order valence-electron chi connectivity index (χ4n) is 2.06. The Bertz CT molecular complexity index is 806. The van der Waals surface area contributed by atoms with Crippen LogP contribution in [0.2, 0.25) is 0 Å². The smallest absolute Gasteiger partial charge is 0.192 e. The number of fused-ring (bicyclic) bond motifs is 1. The van der Waals surface area contributed by atoms with Gasteiger partial charge in [0.15, 0.2) is 5.43 Å². The highest BCUT2D eigenvalue weighted by Crippen LogP contribution is 2.21. The first-order valence-electron chi connectivity index (χ1n) is 5.76. The summed E-state index contributed by atoms with van der Waals surface area (Å²) < 4.78 is 13.6. The van der Waals surface area contributed by atoms with Crippen LogP contribution >= 0.6 is 0 Å². The highest BCUT2D eigenvalue weighted by atomic mass is 19.1. The lowest BCUT2D eigenvalue weighted by Crippen LogP contribution is -2.04. The number of hydrogen-bond acceptors (Lipinski definition) is 2. The van der Waals surface area contributed by atoms with Crippen molar-refractivity contribution in [2.75, 3.05) is 0 Å². The molecule has 3 rings (SSSR count). The minimum absolute atomic E-state index is 0.0602. The van der Waals surface area contributed by atoms with Crippen molar-refractivity contribution in [1.29, 1.82) is 0 Å². The van der Waals surface area contributed by atoms with Crippen LogP contribution in [0.1, 0.15) is 0 Å². The molecule has 0 saturated carbocycles. The van der Waals surface area contributed by atoms with Gasteiger partial charge in [0.1, 0.15) is 11.6 Å². The van der Waals surface area contributed by atoms with E-state index in [0.717, 1.165) is 5.56 Å². The minimum Gasteiger partial charge on any atom is -0.508 e. The van der Waals surface area contributed by atoms with Crippen molar-refractivity contribution in [3.63, 3.8) is 0 Å². The van der Waals surface area contributed by atoms with Gasteiger partial charge in [-0.05, 0) is 42.0 Å². The quantitative estimate of drug-likeness (QED) is 0.702. The number of hydrogen-bond donors (Lipinski definition) is 2. The van der Waals surface area contributed by atoms with E-state index in [4.69, 9.17) is 0 Å². The number of nitrogens with one attached hydrogen (secondary N) is 1. The lowest BCUT2D eigenvalue weighted by atomic mass is 10.1. The number of aromatic amines is 1. The topological polar surface area (TPSA) is 53.1 Å². The molecule has 0 fully saturated rings. The third-order valence-electron chi connectivity index (χ3n) is 2.98. The first-order chi connectivity index (χ1) is 9.15. The summed E-state index contributed by atoms with van der Waals surface area (Å²) in [6, 6.07) is 12.3. The average Bonchev–Trinajstić information content (AvgIpc) is 2.39. The largest absolute Gasteiger partial charge is 0.508 e. The van der Waals surface area contributed by atoms with Crippen molar-refractivity contribution in [3.05, 3.63) is 64.6 Å². The Balaban J connectivity index is 2.27. The van der Waals surface area contributed by atoms with E-state index in [2.05, 4.69) is 4.98 Å². The Hall–Kier alpha value is -2.62. The third-order valence-corrected chi connectivity index (χ3v) is 2.98. The highest BCUT2D eigenvalue weighted by molar-refractivity contribution is 5.81. The molecular weight excluding hydrogens is 245 g/mol. The highest BCUT2D eigenvalue weighted by Gasteiger charge is 2.07. The summed E-state index contributed by atoms with van der Waals surface area (Å²) in [4.78, 5) is 15.0. The SMILES string of the molecule is O=c1cc(-c2ccc(O)cc2)[nH]c2cccc(F)c12. The number of H-pyrrole nitrogens is 1. The van der Waals surface area contributed by atoms with E-state index in [1.54, 1.807) is 24.3 Å². The maximum absolute atomic E-state index is 13.6. The second-order valence-corrected chi connectivity index (χ2v) is 4.26. The van der Waals surface area contributed by atoms with Gasteiger partial charge in [-0.3, -0.25) is 4.79 Å². The second-order valence-electron chi connectivity index (χ2n) is 4.26. The molecular formula is C15H10FNO2. The fraction of sp³-hybridized carbons (Fsp3) is 0. The van der Waals surface area contributed by atoms with E-state index >= 15 is 0 Å². The molecule has 3 nitrogen and oxygen atoms in total. The molecule has 0 bridgehead atoms. The first-order valence-corrected chi connectivity index (χ1v) is 5.76. The lowest BCUT2D eigenvalue weighted by molar-refractivity contribution is 0.475. The van der Waals surface area contributed by atoms with Crippen LogP contribution in [0.15, 0.2) is 53.3 Å². The molecule has 1 heterocycles. The third kappa shape index (κ3) is 1.97. The van der Waals surface area contributed by atoms with Gasteiger partial charge in [0.05, 0.1) is 10.9 Å². The summed E-state index contributed by atoms with van der Waals surface area (Å²) in [6.45, 7) is 0. The van der Waals surface area contributed by atoms with Crippen LogP contribution in [0.3, 0.4) is 0 Å². The molecule has 0 radical (unpaired) electrons. The van der Waals surface area contributed by atoms with Crippen molar-refractivity contribution >= 4 is 10.9 Å². The Labute approximate surface area is 108 Å². The van der Waals surface area contributed by atoms with Crippen molar-refractivity contribution < 1.29 is 9.50 Å². The van der Waals surface area contributed by atoms with Crippen LogP contribution in [0.5, 0.6) is 5.75 Å². The van der Waals surface area contributed by atoms with Crippen LogP contribution < -0.4 is 5.43 Å². The fourth-order valence-corrected chi connectivity index (χ4v) is 2.06. The van der Waals surface area contributed by atoms with E-state index in [1.165, 1.54) is 24.3 Å². The van der Waals surface area contributed by atoms with Crippen LogP contribution in [0, 0.1) is 5.82 Å². The molecule has 19 heavy (non-hydrogen) atoms. The number of pyridine rings is 1. The van der Waals surface area contributed by atoms with Gasteiger partial charge in [0.2, 0.25) is 0 Å². The zero-order valence-corrected chi connectivity index (χ0v) is 9.85. The van der Waals surface area contributed by atoms with E-state index in [0.29, 0.717) is 11.2 Å². The summed E-state index contributed by atoms with van der Waals surface area (Å²) >= 11 is 0. The van der Waals surface area contributed by atoms with Gasteiger partial charge < -0.3 is 10.1 Å². The average molecular weight is 255 g/mol. The van der Waals surface area contributed by atoms with Gasteiger partial charge in [-0.2, -0.15) is 0 Å². The Morgan fingerprint density at radius 3 is 2.53 bits per heavy atom. The van der Waals surface area contributed by atoms with Gasteiger partial charge in [-0.25, -0.2) is 4.39 Å². The van der Waals surface area contributed by atoms with E-state index in [-0.39, 0.29) is 16.6 Å². The predicted molar refractivity (Wildman–Crippen MR) is 71.6 cm³/mol. The molecule has 0 aliphatic heterocycles. The molecule has 0 aliphatic carbocycles.